The summed E-state index contributed by atoms with van der Waals surface area (Å²) in [6, 6.07) is 13.9. The van der Waals surface area contributed by atoms with Crippen molar-refractivity contribution in [3.63, 3.8) is 0 Å². The van der Waals surface area contributed by atoms with Crippen molar-refractivity contribution in [3.05, 3.63) is 60.0 Å². The van der Waals surface area contributed by atoms with Gasteiger partial charge in [0, 0.05) is 38.4 Å². The zero-order chi connectivity index (χ0) is 19.8. The van der Waals surface area contributed by atoms with E-state index in [1.54, 1.807) is 12.3 Å². The molecule has 0 saturated carbocycles. The number of aromatic nitrogens is 1. The van der Waals surface area contributed by atoms with Crippen LogP contribution in [0.25, 0.3) is 0 Å². The van der Waals surface area contributed by atoms with Crippen LogP contribution in [0.5, 0.6) is 0 Å². The van der Waals surface area contributed by atoms with Crippen LogP contribution in [0, 0.1) is 5.82 Å². The number of pyridine rings is 1. The van der Waals surface area contributed by atoms with Crippen LogP contribution in [0.15, 0.2) is 53.7 Å². The van der Waals surface area contributed by atoms with Gasteiger partial charge >= 0.3 is 0 Å². The fourth-order valence-electron chi connectivity index (χ4n) is 3.51. The van der Waals surface area contributed by atoms with Gasteiger partial charge in [0.05, 0.1) is 0 Å². The number of guanidine groups is 1. The number of hydrogen-bond acceptors (Lipinski definition) is 3. The third kappa shape index (κ3) is 6.83. The first-order chi connectivity index (χ1) is 13.7. The van der Waals surface area contributed by atoms with Crippen molar-refractivity contribution in [2.24, 2.45) is 4.99 Å². The number of benzene rings is 1. The molecule has 29 heavy (non-hydrogen) atoms. The van der Waals surface area contributed by atoms with Gasteiger partial charge in [-0.25, -0.2) is 9.37 Å². The number of halogens is 2. The highest BCUT2D eigenvalue weighted by Crippen LogP contribution is 2.21. The molecule has 158 valence electrons. The first kappa shape index (κ1) is 23.4. The van der Waals surface area contributed by atoms with Crippen LogP contribution in [0.1, 0.15) is 38.2 Å². The number of anilines is 1. The molecule has 2 aromatic rings. The van der Waals surface area contributed by atoms with E-state index in [0.29, 0.717) is 11.7 Å². The van der Waals surface area contributed by atoms with Crippen LogP contribution in [0.3, 0.4) is 0 Å². The third-order valence-electron chi connectivity index (χ3n) is 5.11. The van der Waals surface area contributed by atoms with E-state index in [1.807, 2.05) is 11.0 Å². The molecular weight excluding hydrogens is 480 g/mol. The topological polar surface area (TPSA) is 52.6 Å². The number of nitrogens with zero attached hydrogens (tertiary/aromatic N) is 3. The molecule has 0 aliphatic carbocycles. The second kappa shape index (κ2) is 11.9. The monoisotopic (exact) mass is 511 g/mol. The molecule has 2 heterocycles. The molecule has 1 aliphatic rings. The van der Waals surface area contributed by atoms with Gasteiger partial charge in [-0.3, -0.25) is 4.99 Å². The Morgan fingerprint density at radius 3 is 2.79 bits per heavy atom. The molecule has 2 atom stereocenters. The normalized spacial score (nSPS) is 17.6. The molecule has 3 rings (SSSR count). The van der Waals surface area contributed by atoms with Crippen molar-refractivity contribution in [1.29, 1.82) is 0 Å². The first-order valence-corrected chi connectivity index (χ1v) is 10.1. The van der Waals surface area contributed by atoms with Crippen LogP contribution in [-0.4, -0.2) is 43.2 Å². The predicted octanol–water partition coefficient (Wildman–Crippen LogP) is 4.17. The molecule has 0 radical (unpaired) electrons. The lowest BCUT2D eigenvalue weighted by Crippen LogP contribution is -2.44. The lowest BCUT2D eigenvalue weighted by molar-refractivity contribution is 0.612. The Kier molecular flexibility index (Phi) is 9.63. The summed E-state index contributed by atoms with van der Waals surface area (Å²) in [7, 11) is 0. The molecule has 1 aliphatic heterocycles. The fourth-order valence-corrected chi connectivity index (χ4v) is 3.51. The predicted molar refractivity (Wildman–Crippen MR) is 129 cm³/mol. The van der Waals surface area contributed by atoms with Crippen molar-refractivity contribution in [2.75, 3.05) is 31.1 Å². The highest BCUT2D eigenvalue weighted by atomic mass is 127. The smallest absolute Gasteiger partial charge is 0.191 e. The SMILES string of the molecule is CCNC(=NCCC(C)c1ccccc1)NC1CCN(c2ncccc2F)C1.I. The summed E-state index contributed by atoms with van der Waals surface area (Å²) < 4.78 is 14.0. The van der Waals surface area contributed by atoms with Crippen LogP contribution < -0.4 is 15.5 Å². The third-order valence-corrected chi connectivity index (χ3v) is 5.11. The van der Waals surface area contributed by atoms with Gasteiger partial charge in [0.15, 0.2) is 17.6 Å². The van der Waals surface area contributed by atoms with E-state index < -0.39 is 0 Å². The Morgan fingerprint density at radius 1 is 1.28 bits per heavy atom. The molecule has 0 spiro atoms. The Morgan fingerprint density at radius 2 is 2.07 bits per heavy atom. The van der Waals surface area contributed by atoms with Gasteiger partial charge in [-0.15, -0.1) is 24.0 Å². The number of rotatable bonds is 7. The molecule has 1 fully saturated rings. The van der Waals surface area contributed by atoms with E-state index >= 15 is 0 Å². The van der Waals surface area contributed by atoms with Crippen molar-refractivity contribution in [3.8, 4) is 0 Å². The lowest BCUT2D eigenvalue weighted by Gasteiger charge is -2.20. The summed E-state index contributed by atoms with van der Waals surface area (Å²) >= 11 is 0. The van der Waals surface area contributed by atoms with Gasteiger partial charge < -0.3 is 15.5 Å². The standard InChI is InChI=1S/C22H30FN5.HI/c1-3-24-22(26-14-11-17(2)18-8-5-4-6-9-18)27-19-12-15-28(16-19)21-20(23)10-7-13-25-21;/h4-10,13,17,19H,3,11-12,14-16H2,1-2H3,(H2,24,26,27);1H. The van der Waals surface area contributed by atoms with E-state index in [-0.39, 0.29) is 35.8 Å². The number of nitrogens with one attached hydrogen (secondary N) is 2. The quantitative estimate of drug-likeness (QED) is 0.333. The molecule has 0 amide bonds. The Hall–Kier alpha value is -1.90. The molecule has 7 heteroatoms. The minimum absolute atomic E-state index is 0. The minimum Gasteiger partial charge on any atom is -0.357 e. The van der Waals surface area contributed by atoms with Crippen LogP contribution in [-0.2, 0) is 0 Å². The second-order valence-electron chi connectivity index (χ2n) is 7.25. The lowest BCUT2D eigenvalue weighted by atomic mass is 9.98. The molecule has 2 N–H and O–H groups in total. The van der Waals surface area contributed by atoms with Crippen molar-refractivity contribution >= 4 is 35.8 Å². The largest absolute Gasteiger partial charge is 0.357 e. The van der Waals surface area contributed by atoms with Gasteiger partial charge in [-0.05, 0) is 43.4 Å². The van der Waals surface area contributed by atoms with Crippen LogP contribution >= 0.6 is 24.0 Å². The van der Waals surface area contributed by atoms with Gasteiger partial charge in [-0.1, -0.05) is 37.3 Å². The van der Waals surface area contributed by atoms with E-state index in [4.69, 9.17) is 4.99 Å². The van der Waals surface area contributed by atoms with Crippen molar-refractivity contribution in [2.45, 2.75) is 38.6 Å². The summed E-state index contributed by atoms with van der Waals surface area (Å²) in [5, 5.41) is 6.82. The van der Waals surface area contributed by atoms with E-state index in [2.05, 4.69) is 53.7 Å². The van der Waals surface area contributed by atoms with E-state index in [1.165, 1.54) is 11.6 Å². The number of aliphatic imine (C=N–C) groups is 1. The molecule has 1 aromatic carbocycles. The average Bonchev–Trinajstić information content (AvgIpc) is 3.17. The molecule has 0 bridgehead atoms. The zero-order valence-corrected chi connectivity index (χ0v) is 19.5. The molecule has 2 unspecified atom stereocenters. The molecule has 1 aromatic heterocycles. The maximum Gasteiger partial charge on any atom is 0.191 e. The Labute approximate surface area is 190 Å². The van der Waals surface area contributed by atoms with Crippen molar-refractivity contribution in [1.82, 2.24) is 15.6 Å². The zero-order valence-electron chi connectivity index (χ0n) is 17.1. The maximum atomic E-state index is 14.0. The minimum atomic E-state index is -0.265. The average molecular weight is 511 g/mol. The summed E-state index contributed by atoms with van der Waals surface area (Å²) in [6.45, 7) is 7.38. The van der Waals surface area contributed by atoms with Crippen LogP contribution in [0.2, 0.25) is 0 Å². The summed E-state index contributed by atoms with van der Waals surface area (Å²) in [5.74, 6) is 1.47. The molecule has 1 saturated heterocycles. The van der Waals surface area contributed by atoms with Gasteiger partial charge in [0.2, 0.25) is 0 Å². The van der Waals surface area contributed by atoms with Crippen LogP contribution in [0.4, 0.5) is 10.2 Å². The first-order valence-electron chi connectivity index (χ1n) is 10.1. The maximum absolute atomic E-state index is 14.0. The van der Waals surface area contributed by atoms with Gasteiger partial charge in [0.1, 0.15) is 0 Å². The number of hydrogen-bond donors (Lipinski definition) is 2. The Balaban J connectivity index is 0.00000300. The Bertz CT molecular complexity index is 771. The van der Waals surface area contributed by atoms with Crippen molar-refractivity contribution < 1.29 is 4.39 Å². The summed E-state index contributed by atoms with van der Waals surface area (Å²) in [6.07, 6.45) is 3.57. The molecular formula is C22H31FIN5. The highest BCUT2D eigenvalue weighted by Gasteiger charge is 2.25. The highest BCUT2D eigenvalue weighted by molar-refractivity contribution is 14.0. The second-order valence-corrected chi connectivity index (χ2v) is 7.25. The van der Waals surface area contributed by atoms with E-state index in [9.17, 15) is 4.39 Å². The summed E-state index contributed by atoms with van der Waals surface area (Å²) in [4.78, 5) is 10.9. The van der Waals surface area contributed by atoms with E-state index in [0.717, 1.165) is 45.0 Å². The molecule has 5 nitrogen and oxygen atoms in total. The fraction of sp³-hybridized carbons (Fsp3) is 0.455. The van der Waals surface area contributed by atoms with Gasteiger partial charge in [-0.2, -0.15) is 0 Å². The summed E-state index contributed by atoms with van der Waals surface area (Å²) in [5.41, 5.74) is 1.35. The van der Waals surface area contributed by atoms with Gasteiger partial charge in [0.25, 0.3) is 0 Å².